The summed E-state index contributed by atoms with van der Waals surface area (Å²) in [6.07, 6.45) is 0. The summed E-state index contributed by atoms with van der Waals surface area (Å²) in [5.41, 5.74) is 0.586. The molecule has 4 rings (SSSR count). The van der Waals surface area contributed by atoms with Crippen molar-refractivity contribution in [2.45, 2.75) is 16.7 Å². The predicted octanol–water partition coefficient (Wildman–Crippen LogP) is 6.17. The van der Waals surface area contributed by atoms with Crippen LogP contribution in [0.1, 0.15) is 6.92 Å². The van der Waals surface area contributed by atoms with Crippen LogP contribution in [0.25, 0.3) is 10.8 Å². The fraction of sp³-hybridized carbons (Fsp3) is 0.154. The zero-order chi connectivity index (χ0) is 29.9. The third-order valence-corrected chi connectivity index (χ3v) is 8.66. The molecule has 15 heteroatoms. The number of phenolic OH excluding ortho intramolecular Hbond substituents is 2. The van der Waals surface area contributed by atoms with Crippen LogP contribution >= 0.6 is 0 Å². The van der Waals surface area contributed by atoms with E-state index in [1.807, 2.05) is 0 Å². The molecule has 0 saturated carbocycles. The Bertz CT molecular complexity index is 1920. The van der Waals surface area contributed by atoms with Gasteiger partial charge in [-0.2, -0.15) is 8.42 Å². The average molecular weight is 600 g/mol. The van der Waals surface area contributed by atoms with Crippen molar-refractivity contribution < 1.29 is 36.3 Å². The summed E-state index contributed by atoms with van der Waals surface area (Å²) in [5.74, 6) is -0.208. The molecule has 0 bridgehead atoms. The molecule has 41 heavy (non-hydrogen) atoms. The van der Waals surface area contributed by atoms with Gasteiger partial charge in [0, 0.05) is 23.9 Å². The Morgan fingerprint density at radius 2 is 1.46 bits per heavy atom. The second-order valence-corrected chi connectivity index (χ2v) is 12.2. The minimum Gasteiger partial charge on any atom is -0.506 e. The molecule has 0 radical (unpaired) electrons. The highest BCUT2D eigenvalue weighted by Gasteiger charge is 2.21. The second kappa shape index (κ2) is 11.5. The van der Waals surface area contributed by atoms with Crippen LogP contribution in [0.15, 0.2) is 90.9 Å². The van der Waals surface area contributed by atoms with Crippen molar-refractivity contribution in [3.63, 3.8) is 0 Å². The van der Waals surface area contributed by atoms with Gasteiger partial charge in [-0.05, 0) is 54.6 Å². The first-order chi connectivity index (χ1) is 19.4. The summed E-state index contributed by atoms with van der Waals surface area (Å²) in [5, 5.41) is 40.9. The Labute approximate surface area is 235 Å². The van der Waals surface area contributed by atoms with Gasteiger partial charge in [-0.15, -0.1) is 20.5 Å². The number of nitrogens with one attached hydrogen (secondary N) is 1. The number of methoxy groups -OCH3 is 1. The summed E-state index contributed by atoms with van der Waals surface area (Å²) in [6.45, 7) is 1.40. The normalized spacial score (nSPS) is 12.4. The number of anilines is 1. The molecule has 4 aromatic rings. The van der Waals surface area contributed by atoms with Crippen LogP contribution in [0.4, 0.5) is 28.4 Å². The molecule has 0 atom stereocenters. The van der Waals surface area contributed by atoms with Gasteiger partial charge in [-0.1, -0.05) is 6.92 Å². The molecule has 4 N–H and O–H groups in total. The number of ether oxygens (including phenoxy) is 1. The third kappa shape index (κ3) is 6.11. The number of nitrogens with zero attached hydrogens (tertiary/aromatic N) is 4. The maximum Gasteiger partial charge on any atom is 0.296 e. The van der Waals surface area contributed by atoms with Gasteiger partial charge < -0.3 is 20.3 Å². The number of hydrogen-bond donors (Lipinski definition) is 4. The number of hydrogen-bond acceptors (Lipinski definition) is 12. The number of sulfone groups is 1. The van der Waals surface area contributed by atoms with Crippen molar-refractivity contribution in [2.24, 2.45) is 20.5 Å². The third-order valence-electron chi connectivity index (χ3n) is 6.05. The lowest BCUT2D eigenvalue weighted by Gasteiger charge is -2.11. The number of azo groups is 2. The van der Waals surface area contributed by atoms with Crippen molar-refractivity contribution in [1.29, 1.82) is 0 Å². The molecule has 4 aromatic carbocycles. The van der Waals surface area contributed by atoms with Gasteiger partial charge in [0.15, 0.2) is 15.6 Å². The molecule has 0 fully saturated rings. The van der Waals surface area contributed by atoms with Gasteiger partial charge in [0.25, 0.3) is 10.1 Å². The lowest BCUT2D eigenvalue weighted by atomic mass is 10.1. The Kier molecular flexibility index (Phi) is 8.23. The van der Waals surface area contributed by atoms with E-state index in [1.54, 1.807) is 31.3 Å². The Morgan fingerprint density at radius 3 is 2.12 bits per heavy atom. The first-order valence-corrected chi connectivity index (χ1v) is 15.0. The first-order valence-electron chi connectivity index (χ1n) is 11.9. The second-order valence-electron chi connectivity index (χ2n) is 8.50. The first kappa shape index (κ1) is 29.4. The molecule has 0 amide bonds. The average Bonchev–Trinajstić information content (AvgIpc) is 2.95. The highest BCUT2D eigenvalue weighted by molar-refractivity contribution is 7.91. The minimum atomic E-state index is -4.86. The van der Waals surface area contributed by atoms with Crippen molar-refractivity contribution in [1.82, 2.24) is 0 Å². The van der Waals surface area contributed by atoms with Crippen LogP contribution in [0, 0.1) is 0 Å². The Morgan fingerprint density at radius 1 is 0.805 bits per heavy atom. The standard InChI is InChI=1S/C26H25N5O8S2/c1-4-40(34,35)16-6-9-19(24(14-16)41(36,37)38)28-31-25-17-7-11-21(26(33)18(17)8-10-20(25)27-2)29-30-22-13-15(39-3)5-12-23(22)32/h5-14,27,32-33H,4H2,1-3H3,(H,36,37,38)/b30-29+,31-28+. The molecule has 0 saturated heterocycles. The highest BCUT2D eigenvalue weighted by atomic mass is 32.2. The van der Waals surface area contributed by atoms with Gasteiger partial charge >= 0.3 is 0 Å². The van der Waals surface area contributed by atoms with Crippen molar-refractivity contribution in [3.8, 4) is 17.2 Å². The van der Waals surface area contributed by atoms with E-state index in [0.29, 0.717) is 22.2 Å². The van der Waals surface area contributed by atoms with Crippen LogP contribution in [-0.4, -0.2) is 51.5 Å². The monoisotopic (exact) mass is 599 g/mol. The zero-order valence-corrected chi connectivity index (χ0v) is 23.6. The summed E-state index contributed by atoms with van der Waals surface area (Å²) in [4.78, 5) is -1.02. The molecular weight excluding hydrogens is 574 g/mol. The van der Waals surface area contributed by atoms with E-state index in [4.69, 9.17) is 4.74 Å². The molecule has 0 spiro atoms. The largest absolute Gasteiger partial charge is 0.506 e. The van der Waals surface area contributed by atoms with Crippen LogP contribution in [0.3, 0.4) is 0 Å². The van der Waals surface area contributed by atoms with Crippen LogP contribution in [0.5, 0.6) is 17.2 Å². The van der Waals surface area contributed by atoms with E-state index in [9.17, 15) is 31.6 Å². The van der Waals surface area contributed by atoms with E-state index in [-0.39, 0.29) is 44.9 Å². The van der Waals surface area contributed by atoms with Crippen LogP contribution < -0.4 is 10.1 Å². The summed E-state index contributed by atoms with van der Waals surface area (Å²) < 4.78 is 63.4. The topological polar surface area (TPSA) is 200 Å². The van der Waals surface area contributed by atoms with Crippen molar-refractivity contribution >= 4 is 59.2 Å². The van der Waals surface area contributed by atoms with Crippen LogP contribution in [0.2, 0.25) is 0 Å². The quantitative estimate of drug-likeness (QED) is 0.128. The fourth-order valence-electron chi connectivity index (χ4n) is 3.82. The minimum absolute atomic E-state index is 0.0844. The molecule has 0 aliphatic heterocycles. The predicted molar refractivity (Wildman–Crippen MR) is 152 cm³/mol. The van der Waals surface area contributed by atoms with Gasteiger partial charge in [-0.3, -0.25) is 4.55 Å². The number of fused-ring (bicyclic) bond motifs is 1. The maximum atomic E-state index is 12.2. The van der Waals surface area contributed by atoms with E-state index in [0.717, 1.165) is 12.1 Å². The molecule has 214 valence electrons. The molecule has 0 aliphatic carbocycles. The lowest BCUT2D eigenvalue weighted by Crippen LogP contribution is -2.06. The number of rotatable bonds is 9. The molecular formula is C26H25N5O8S2. The van der Waals surface area contributed by atoms with E-state index >= 15 is 0 Å². The maximum absolute atomic E-state index is 12.2. The summed E-state index contributed by atoms with van der Waals surface area (Å²) >= 11 is 0. The highest BCUT2D eigenvalue weighted by Crippen LogP contribution is 2.43. The Balaban J connectivity index is 1.81. The van der Waals surface area contributed by atoms with Crippen molar-refractivity contribution in [3.05, 3.63) is 60.7 Å². The van der Waals surface area contributed by atoms with Gasteiger partial charge in [0.1, 0.15) is 39.1 Å². The molecule has 0 aromatic heterocycles. The van der Waals surface area contributed by atoms with Gasteiger partial charge in [-0.25, -0.2) is 8.42 Å². The molecule has 0 heterocycles. The molecule has 0 unspecified atom stereocenters. The smallest absolute Gasteiger partial charge is 0.296 e. The number of benzene rings is 4. The molecule has 13 nitrogen and oxygen atoms in total. The van der Waals surface area contributed by atoms with E-state index < -0.39 is 24.9 Å². The van der Waals surface area contributed by atoms with Gasteiger partial charge in [0.05, 0.1) is 23.4 Å². The van der Waals surface area contributed by atoms with Gasteiger partial charge in [0.2, 0.25) is 0 Å². The summed E-state index contributed by atoms with van der Waals surface area (Å²) in [7, 11) is -5.54. The Hall–Kier alpha value is -4.60. The van der Waals surface area contributed by atoms with E-state index in [1.165, 1.54) is 38.3 Å². The fourth-order valence-corrected chi connectivity index (χ4v) is 5.45. The number of phenols is 2. The number of aromatic hydroxyl groups is 2. The lowest BCUT2D eigenvalue weighted by molar-refractivity contribution is 0.412. The SMILES string of the molecule is CCS(=O)(=O)c1ccc(/N=N/c2c(NC)ccc3c(O)c(/N=N/c4cc(OC)ccc4O)ccc23)c(S(=O)(=O)O)c1. The van der Waals surface area contributed by atoms with Crippen molar-refractivity contribution in [2.75, 3.05) is 25.2 Å². The van der Waals surface area contributed by atoms with Crippen LogP contribution in [-0.2, 0) is 20.0 Å². The summed E-state index contributed by atoms with van der Waals surface area (Å²) in [6, 6.07) is 13.8. The van der Waals surface area contributed by atoms with E-state index in [2.05, 4.69) is 25.8 Å². The zero-order valence-electron chi connectivity index (χ0n) is 22.0. The molecule has 0 aliphatic rings.